The highest BCUT2D eigenvalue weighted by Gasteiger charge is 2.31. The highest BCUT2D eigenvalue weighted by atomic mass is 15.2. The van der Waals surface area contributed by atoms with Gasteiger partial charge in [-0.2, -0.15) is 5.26 Å². The van der Waals surface area contributed by atoms with Gasteiger partial charge in [0.2, 0.25) is 0 Å². The Labute approximate surface area is 109 Å². The number of nitriles is 1. The van der Waals surface area contributed by atoms with Gasteiger partial charge in [0.15, 0.2) is 0 Å². The summed E-state index contributed by atoms with van der Waals surface area (Å²) in [5, 5.41) is 12.4. The minimum absolute atomic E-state index is 0.0463. The summed E-state index contributed by atoms with van der Waals surface area (Å²) in [6.07, 6.45) is 0.561. The van der Waals surface area contributed by atoms with Crippen LogP contribution in [0.4, 0.5) is 5.69 Å². The predicted octanol–water partition coefficient (Wildman–Crippen LogP) is 2.47. The molecule has 1 aromatic carbocycles. The van der Waals surface area contributed by atoms with Gasteiger partial charge in [0.25, 0.3) is 0 Å². The lowest BCUT2D eigenvalue weighted by atomic mass is 9.96. The molecule has 1 heterocycles. The van der Waals surface area contributed by atoms with Gasteiger partial charge in [-0.15, -0.1) is 0 Å². The zero-order valence-electron chi connectivity index (χ0n) is 11.4. The maximum absolute atomic E-state index is 8.87. The van der Waals surface area contributed by atoms with E-state index in [0.717, 1.165) is 13.1 Å². The number of aryl methyl sites for hydroxylation is 1. The molecular formula is C15H21N3. The molecular weight excluding hydrogens is 222 g/mol. The zero-order chi connectivity index (χ0) is 13.2. The molecule has 96 valence electrons. The highest BCUT2D eigenvalue weighted by Crippen LogP contribution is 2.23. The first kappa shape index (κ1) is 12.9. The van der Waals surface area contributed by atoms with Gasteiger partial charge in [-0.3, -0.25) is 0 Å². The van der Waals surface area contributed by atoms with Crippen LogP contribution < -0.4 is 10.2 Å². The number of nitrogens with zero attached hydrogens (tertiary/aromatic N) is 2. The minimum Gasteiger partial charge on any atom is -0.368 e. The Balaban J connectivity index is 2.17. The molecule has 1 fully saturated rings. The molecule has 0 aliphatic carbocycles. The second-order valence-corrected chi connectivity index (χ2v) is 5.80. The molecule has 3 nitrogen and oxygen atoms in total. The second kappa shape index (κ2) is 4.99. The summed E-state index contributed by atoms with van der Waals surface area (Å²) in [6.45, 7) is 8.36. The molecule has 0 radical (unpaired) electrons. The van der Waals surface area contributed by atoms with E-state index in [0.29, 0.717) is 6.42 Å². The van der Waals surface area contributed by atoms with E-state index in [1.807, 2.05) is 0 Å². The summed E-state index contributed by atoms with van der Waals surface area (Å²) in [5.74, 6) is 0. The van der Waals surface area contributed by atoms with E-state index in [-0.39, 0.29) is 11.6 Å². The fourth-order valence-electron chi connectivity index (χ4n) is 2.63. The monoisotopic (exact) mass is 243 g/mol. The first-order chi connectivity index (χ1) is 8.50. The third-order valence-corrected chi connectivity index (χ3v) is 3.36. The molecule has 1 saturated heterocycles. The lowest BCUT2D eigenvalue weighted by Gasteiger charge is -2.44. The number of hydrogen-bond donors (Lipinski definition) is 1. The van der Waals surface area contributed by atoms with Crippen molar-refractivity contribution < 1.29 is 0 Å². The Hall–Kier alpha value is -1.53. The van der Waals surface area contributed by atoms with Crippen LogP contribution in [-0.4, -0.2) is 24.7 Å². The fourth-order valence-corrected chi connectivity index (χ4v) is 2.63. The summed E-state index contributed by atoms with van der Waals surface area (Å²) in [6, 6.07) is 11.1. The summed E-state index contributed by atoms with van der Waals surface area (Å²) in [4.78, 5) is 2.37. The molecule has 18 heavy (non-hydrogen) atoms. The van der Waals surface area contributed by atoms with Crippen LogP contribution in [0.5, 0.6) is 0 Å². The molecule has 1 aliphatic rings. The van der Waals surface area contributed by atoms with Crippen molar-refractivity contribution in [2.24, 2.45) is 0 Å². The first-order valence-electron chi connectivity index (χ1n) is 6.46. The van der Waals surface area contributed by atoms with Crippen molar-refractivity contribution in [2.75, 3.05) is 18.0 Å². The minimum atomic E-state index is 0.0463. The molecule has 0 bridgehead atoms. The topological polar surface area (TPSA) is 39.1 Å². The summed E-state index contributed by atoms with van der Waals surface area (Å²) in [7, 11) is 0. The fraction of sp³-hybridized carbons (Fsp3) is 0.533. The van der Waals surface area contributed by atoms with Crippen LogP contribution in [0.15, 0.2) is 24.3 Å². The van der Waals surface area contributed by atoms with Crippen molar-refractivity contribution in [3.8, 4) is 6.07 Å². The number of anilines is 1. The van der Waals surface area contributed by atoms with Crippen LogP contribution in [0.3, 0.4) is 0 Å². The van der Waals surface area contributed by atoms with E-state index >= 15 is 0 Å². The number of hydrogen-bond acceptors (Lipinski definition) is 3. The van der Waals surface area contributed by atoms with Gasteiger partial charge < -0.3 is 10.2 Å². The number of rotatable bonds is 2. The molecule has 1 aliphatic heterocycles. The van der Waals surface area contributed by atoms with E-state index in [2.05, 4.69) is 61.3 Å². The number of benzene rings is 1. The van der Waals surface area contributed by atoms with E-state index in [1.54, 1.807) is 0 Å². The van der Waals surface area contributed by atoms with Gasteiger partial charge in [-0.25, -0.2) is 0 Å². The molecule has 0 spiro atoms. The average molecular weight is 243 g/mol. The molecule has 2 rings (SSSR count). The van der Waals surface area contributed by atoms with Crippen LogP contribution >= 0.6 is 0 Å². The molecule has 1 unspecified atom stereocenters. The predicted molar refractivity (Wildman–Crippen MR) is 74.6 cm³/mol. The SMILES string of the molecule is Cc1ccc(N2CC(CC#N)NC(C)(C)C2)cc1. The van der Waals surface area contributed by atoms with E-state index in [4.69, 9.17) is 5.26 Å². The third kappa shape index (κ3) is 3.02. The molecule has 0 amide bonds. The standard InChI is InChI=1S/C15H21N3/c1-12-4-6-14(7-5-12)18-10-13(8-9-16)17-15(2,3)11-18/h4-7,13,17H,8,10-11H2,1-3H3. The maximum atomic E-state index is 8.87. The summed E-state index contributed by atoms with van der Waals surface area (Å²) in [5.41, 5.74) is 2.57. The Morgan fingerprint density at radius 1 is 1.39 bits per heavy atom. The second-order valence-electron chi connectivity index (χ2n) is 5.80. The molecule has 3 heteroatoms. The first-order valence-corrected chi connectivity index (χ1v) is 6.46. The smallest absolute Gasteiger partial charge is 0.0638 e. The Morgan fingerprint density at radius 2 is 2.06 bits per heavy atom. The van der Waals surface area contributed by atoms with Gasteiger partial charge in [0, 0.05) is 30.4 Å². The van der Waals surface area contributed by atoms with Crippen molar-refractivity contribution in [1.82, 2.24) is 5.32 Å². The van der Waals surface area contributed by atoms with Crippen molar-refractivity contribution in [1.29, 1.82) is 5.26 Å². The maximum Gasteiger partial charge on any atom is 0.0638 e. The van der Waals surface area contributed by atoms with Crippen LogP contribution in [-0.2, 0) is 0 Å². The quantitative estimate of drug-likeness (QED) is 0.867. The Bertz CT molecular complexity index is 442. The van der Waals surface area contributed by atoms with Gasteiger partial charge in [-0.1, -0.05) is 17.7 Å². The largest absolute Gasteiger partial charge is 0.368 e. The third-order valence-electron chi connectivity index (χ3n) is 3.36. The van der Waals surface area contributed by atoms with Crippen molar-refractivity contribution in [3.63, 3.8) is 0 Å². The van der Waals surface area contributed by atoms with Gasteiger partial charge in [-0.05, 0) is 32.9 Å². The molecule has 1 atom stereocenters. The van der Waals surface area contributed by atoms with Crippen molar-refractivity contribution in [2.45, 2.75) is 38.8 Å². The lowest BCUT2D eigenvalue weighted by Crippen LogP contribution is -2.62. The van der Waals surface area contributed by atoms with Crippen LogP contribution in [0.1, 0.15) is 25.8 Å². The lowest BCUT2D eigenvalue weighted by molar-refractivity contribution is 0.291. The van der Waals surface area contributed by atoms with Gasteiger partial charge >= 0.3 is 0 Å². The van der Waals surface area contributed by atoms with Gasteiger partial charge in [0.1, 0.15) is 0 Å². The zero-order valence-corrected chi connectivity index (χ0v) is 11.4. The molecule has 1 aromatic rings. The Morgan fingerprint density at radius 3 is 2.67 bits per heavy atom. The number of piperazine rings is 1. The van der Waals surface area contributed by atoms with E-state index in [9.17, 15) is 0 Å². The highest BCUT2D eigenvalue weighted by molar-refractivity contribution is 5.48. The van der Waals surface area contributed by atoms with Crippen LogP contribution in [0.25, 0.3) is 0 Å². The number of nitrogens with one attached hydrogen (secondary N) is 1. The van der Waals surface area contributed by atoms with Gasteiger partial charge in [0.05, 0.1) is 12.5 Å². The van der Waals surface area contributed by atoms with Crippen LogP contribution in [0.2, 0.25) is 0 Å². The van der Waals surface area contributed by atoms with E-state index < -0.39 is 0 Å². The average Bonchev–Trinajstić information content (AvgIpc) is 2.28. The Kier molecular flexibility index (Phi) is 3.58. The van der Waals surface area contributed by atoms with E-state index in [1.165, 1.54) is 11.3 Å². The summed E-state index contributed by atoms with van der Waals surface area (Å²) < 4.78 is 0. The molecule has 1 N–H and O–H groups in total. The summed E-state index contributed by atoms with van der Waals surface area (Å²) >= 11 is 0. The van der Waals surface area contributed by atoms with Crippen molar-refractivity contribution >= 4 is 5.69 Å². The molecule has 0 aromatic heterocycles. The van der Waals surface area contributed by atoms with Crippen LogP contribution in [0, 0.1) is 18.3 Å². The normalized spacial score (nSPS) is 22.6. The molecule has 0 saturated carbocycles. The van der Waals surface area contributed by atoms with Crippen molar-refractivity contribution in [3.05, 3.63) is 29.8 Å².